The summed E-state index contributed by atoms with van der Waals surface area (Å²) in [5.41, 5.74) is 9.83. The zero-order chi connectivity index (χ0) is 31.3. The number of amides is 3. The lowest BCUT2D eigenvalue weighted by Crippen LogP contribution is -2.61. The predicted molar refractivity (Wildman–Crippen MR) is 172 cm³/mol. The van der Waals surface area contributed by atoms with Crippen molar-refractivity contribution >= 4 is 17.6 Å². The molecule has 9 heteroatoms. The second-order valence-corrected chi connectivity index (χ2v) is 12.5. The van der Waals surface area contributed by atoms with E-state index < -0.39 is 0 Å². The minimum absolute atomic E-state index is 0.0832. The molecule has 1 N–H and O–H groups in total. The van der Waals surface area contributed by atoms with Crippen LogP contribution in [0.5, 0.6) is 5.88 Å². The minimum Gasteiger partial charge on any atom is -0.481 e. The number of anilines is 1. The van der Waals surface area contributed by atoms with Gasteiger partial charge in [-0.3, -0.25) is 9.69 Å². The largest absolute Gasteiger partial charge is 0.481 e. The Morgan fingerprint density at radius 3 is 2.39 bits per heavy atom. The number of likely N-dealkylation sites (N-methyl/N-ethyl adjacent to an activating group) is 1. The number of rotatable bonds is 7. The molecule has 230 valence electrons. The van der Waals surface area contributed by atoms with Crippen LogP contribution in [0.2, 0.25) is 0 Å². The topological polar surface area (TPSA) is 87.2 Å². The van der Waals surface area contributed by atoms with Crippen LogP contribution in [0.3, 0.4) is 0 Å². The number of likely N-dealkylation sites (tertiary alicyclic amines) is 1. The number of nitrogens with zero attached hydrogens (tertiary/aromatic N) is 4. The lowest BCUT2D eigenvalue weighted by molar-refractivity contribution is -0.127. The van der Waals surface area contributed by atoms with Crippen LogP contribution < -0.4 is 10.1 Å². The molecule has 1 aliphatic carbocycles. The highest BCUT2D eigenvalue weighted by atomic mass is 16.5. The maximum absolute atomic E-state index is 13.2. The molecule has 2 aliphatic heterocycles. The van der Waals surface area contributed by atoms with Gasteiger partial charge in [0.25, 0.3) is 5.91 Å². The van der Waals surface area contributed by atoms with Crippen molar-refractivity contribution < 1.29 is 19.1 Å². The molecule has 1 atom stereocenters. The van der Waals surface area contributed by atoms with Crippen molar-refractivity contribution in [1.82, 2.24) is 19.7 Å². The summed E-state index contributed by atoms with van der Waals surface area (Å²) in [4.78, 5) is 35.8. The summed E-state index contributed by atoms with van der Waals surface area (Å²) < 4.78 is 11.6. The highest BCUT2D eigenvalue weighted by molar-refractivity contribution is 6.06. The average molecular weight is 596 g/mol. The molecule has 3 amide bonds. The smallest absolute Gasteiger partial charge is 0.323 e. The first-order chi connectivity index (χ1) is 21.0. The highest BCUT2D eigenvalue weighted by Crippen LogP contribution is 2.46. The molecule has 2 aromatic carbocycles. The van der Waals surface area contributed by atoms with Crippen LogP contribution in [0.1, 0.15) is 41.6 Å². The van der Waals surface area contributed by atoms with Crippen LogP contribution in [0.4, 0.5) is 10.5 Å². The number of urea groups is 1. The summed E-state index contributed by atoms with van der Waals surface area (Å²) in [5, 5.41) is 3.07. The number of nitrogens with one attached hydrogen (secondary N) is 1. The quantitative estimate of drug-likeness (QED) is 0.385. The zero-order valence-corrected chi connectivity index (χ0v) is 26.7. The third kappa shape index (κ3) is 5.14. The summed E-state index contributed by atoms with van der Waals surface area (Å²) in [6.07, 6.45) is 3.64. The number of carbonyl (C=O) groups is 2. The van der Waals surface area contributed by atoms with Gasteiger partial charge in [-0.05, 0) is 73.6 Å². The van der Waals surface area contributed by atoms with Crippen LogP contribution >= 0.6 is 0 Å². The molecular weight excluding hydrogens is 554 g/mol. The Labute approximate surface area is 259 Å². The molecule has 44 heavy (non-hydrogen) atoms. The van der Waals surface area contributed by atoms with E-state index in [1.54, 1.807) is 34.5 Å². The molecule has 0 spiro atoms. The number of carbonyl (C=O) groups excluding carboxylic acids is 2. The molecule has 6 rings (SSSR count). The molecule has 1 saturated heterocycles. The Bertz CT molecular complexity index is 1680. The SMILES string of the molecule is COc1nc(-c2cccc(-c3cccc(NC(=O)C4=CN(C)C(=O)N(C)C4)c3C)c2C)cc2c1C(N1CC(C)(OC)C1)CC2. The van der Waals surface area contributed by atoms with E-state index >= 15 is 0 Å². The number of ether oxygens (including phenoxy) is 2. The first-order valence-electron chi connectivity index (χ1n) is 15.1. The minimum atomic E-state index is -0.222. The van der Waals surface area contributed by atoms with Gasteiger partial charge >= 0.3 is 6.03 Å². The van der Waals surface area contributed by atoms with E-state index in [1.165, 1.54) is 20.9 Å². The van der Waals surface area contributed by atoms with Gasteiger partial charge < -0.3 is 24.6 Å². The van der Waals surface area contributed by atoms with Crippen molar-refractivity contribution in [2.75, 3.05) is 53.3 Å². The number of methoxy groups -OCH3 is 2. The molecule has 0 bridgehead atoms. The lowest BCUT2D eigenvalue weighted by Gasteiger charge is -2.50. The Morgan fingerprint density at radius 1 is 1.02 bits per heavy atom. The number of aromatic nitrogens is 1. The second-order valence-electron chi connectivity index (χ2n) is 12.5. The molecule has 3 aromatic rings. The summed E-state index contributed by atoms with van der Waals surface area (Å²) in [6.45, 7) is 8.38. The van der Waals surface area contributed by atoms with Gasteiger partial charge in [-0.15, -0.1) is 0 Å². The van der Waals surface area contributed by atoms with E-state index in [9.17, 15) is 9.59 Å². The van der Waals surface area contributed by atoms with Crippen LogP contribution in [0, 0.1) is 13.8 Å². The predicted octanol–water partition coefficient (Wildman–Crippen LogP) is 5.57. The zero-order valence-electron chi connectivity index (χ0n) is 26.7. The molecular formula is C35H41N5O4. The van der Waals surface area contributed by atoms with Gasteiger partial charge in [-0.2, -0.15) is 0 Å². The Hall–Kier alpha value is -4.21. The fourth-order valence-corrected chi connectivity index (χ4v) is 6.93. The Balaban J connectivity index is 1.30. The number of aryl methyl sites for hydroxylation is 1. The van der Waals surface area contributed by atoms with Crippen molar-refractivity contribution in [3.63, 3.8) is 0 Å². The molecule has 9 nitrogen and oxygen atoms in total. The summed E-state index contributed by atoms with van der Waals surface area (Å²) in [6, 6.07) is 14.6. The van der Waals surface area contributed by atoms with Gasteiger partial charge in [0.2, 0.25) is 5.88 Å². The molecule has 1 unspecified atom stereocenters. The van der Waals surface area contributed by atoms with Crippen molar-refractivity contribution in [2.24, 2.45) is 0 Å². The van der Waals surface area contributed by atoms with Crippen LogP contribution in [-0.4, -0.2) is 85.2 Å². The third-order valence-electron chi connectivity index (χ3n) is 9.49. The fraction of sp³-hybridized carbons (Fsp3) is 0.400. The Kier molecular flexibility index (Phi) is 7.71. The number of fused-ring (bicyclic) bond motifs is 1. The monoisotopic (exact) mass is 595 g/mol. The molecule has 1 fully saturated rings. The second kappa shape index (κ2) is 11.4. The summed E-state index contributed by atoms with van der Waals surface area (Å²) in [5.74, 6) is 0.478. The summed E-state index contributed by atoms with van der Waals surface area (Å²) >= 11 is 0. The standard InChI is InChI=1S/C35H41N5O4/c1-21-25(26-11-9-13-28(22(26)2)36-32(41)24-17-38(4)34(42)39(5)18-24)10-8-12-27(21)29-16-23-14-15-30(31(23)33(37-29)43-6)40-19-35(3,20-40)44-7/h8-13,16-17,30H,14-15,18-20H2,1-7H3,(H,36,41). The molecule has 3 heterocycles. The number of pyridine rings is 1. The van der Waals surface area contributed by atoms with E-state index in [0.29, 0.717) is 17.5 Å². The number of hydrogen-bond donors (Lipinski definition) is 1. The van der Waals surface area contributed by atoms with Crippen molar-refractivity contribution in [3.8, 4) is 28.3 Å². The highest BCUT2D eigenvalue weighted by Gasteiger charge is 2.45. The molecule has 1 aromatic heterocycles. The van der Waals surface area contributed by atoms with E-state index in [1.807, 2.05) is 19.1 Å². The van der Waals surface area contributed by atoms with Crippen LogP contribution in [0.25, 0.3) is 22.4 Å². The lowest BCUT2D eigenvalue weighted by atomic mass is 9.91. The normalized spacial score (nSPS) is 19.4. The maximum Gasteiger partial charge on any atom is 0.323 e. The van der Waals surface area contributed by atoms with Gasteiger partial charge in [0.1, 0.15) is 0 Å². The van der Waals surface area contributed by atoms with Gasteiger partial charge in [-0.1, -0.05) is 30.3 Å². The van der Waals surface area contributed by atoms with Gasteiger partial charge in [0.15, 0.2) is 0 Å². The van der Waals surface area contributed by atoms with Crippen molar-refractivity contribution in [1.29, 1.82) is 0 Å². The molecule has 3 aliphatic rings. The summed E-state index contributed by atoms with van der Waals surface area (Å²) in [7, 11) is 6.84. The molecule has 0 saturated carbocycles. The Morgan fingerprint density at radius 2 is 1.70 bits per heavy atom. The first kappa shape index (κ1) is 29.8. The van der Waals surface area contributed by atoms with E-state index in [2.05, 4.69) is 54.4 Å². The van der Waals surface area contributed by atoms with Crippen molar-refractivity contribution in [2.45, 2.75) is 45.3 Å². The van der Waals surface area contributed by atoms with E-state index in [0.717, 1.165) is 65.1 Å². The van der Waals surface area contributed by atoms with Gasteiger partial charge in [0.05, 0.1) is 30.5 Å². The number of benzene rings is 2. The number of hydrogen-bond acceptors (Lipinski definition) is 6. The average Bonchev–Trinajstić information content (AvgIpc) is 3.42. The van der Waals surface area contributed by atoms with E-state index in [4.69, 9.17) is 14.5 Å². The first-order valence-corrected chi connectivity index (χ1v) is 15.1. The van der Waals surface area contributed by atoms with Crippen molar-refractivity contribution in [3.05, 3.63) is 76.5 Å². The van der Waals surface area contributed by atoms with Gasteiger partial charge in [0, 0.05) is 63.4 Å². The van der Waals surface area contributed by atoms with Crippen LogP contribution in [-0.2, 0) is 16.0 Å². The van der Waals surface area contributed by atoms with Crippen LogP contribution in [0.15, 0.2) is 54.2 Å². The van der Waals surface area contributed by atoms with Gasteiger partial charge in [-0.25, -0.2) is 9.78 Å². The third-order valence-corrected chi connectivity index (χ3v) is 9.49. The fourth-order valence-electron chi connectivity index (χ4n) is 6.93. The molecule has 0 radical (unpaired) electrons. The maximum atomic E-state index is 13.2. The van der Waals surface area contributed by atoms with E-state index in [-0.39, 0.29) is 24.1 Å².